The second kappa shape index (κ2) is 12.6. The molecule has 0 aliphatic carbocycles. The maximum atomic E-state index is 5.95. The quantitative estimate of drug-likeness (QED) is 0.458. The van der Waals surface area contributed by atoms with E-state index in [0.717, 1.165) is 36.8 Å². The van der Waals surface area contributed by atoms with Gasteiger partial charge in [-0.1, -0.05) is 12.1 Å². The van der Waals surface area contributed by atoms with E-state index < -0.39 is 0 Å². The molecule has 0 aromatic heterocycles. The van der Waals surface area contributed by atoms with Crippen LogP contribution < -0.4 is 15.4 Å². The predicted octanol–water partition coefficient (Wildman–Crippen LogP) is 2.80. The molecule has 0 bridgehead atoms. The van der Waals surface area contributed by atoms with E-state index in [0.29, 0.717) is 13.2 Å². The highest BCUT2D eigenvalue weighted by Crippen LogP contribution is 2.21. The molecule has 0 heterocycles. The summed E-state index contributed by atoms with van der Waals surface area (Å²) in [5.41, 5.74) is 2.31. The highest BCUT2D eigenvalue weighted by molar-refractivity contribution is 5.79. The average Bonchev–Trinajstić information content (AvgIpc) is 2.60. The van der Waals surface area contributed by atoms with E-state index in [-0.39, 0.29) is 12.2 Å². The molecule has 0 fully saturated rings. The number of nitrogens with one attached hydrogen (secondary N) is 2. The molecule has 6 heteroatoms. The van der Waals surface area contributed by atoms with Gasteiger partial charge in [-0.3, -0.25) is 4.99 Å². The first-order valence-electron chi connectivity index (χ1n) is 9.82. The molecule has 0 spiro atoms. The van der Waals surface area contributed by atoms with Crippen LogP contribution in [-0.4, -0.2) is 63.9 Å². The number of hydrogen-bond acceptors (Lipinski definition) is 4. The van der Waals surface area contributed by atoms with Crippen molar-refractivity contribution in [3.05, 3.63) is 29.3 Å². The zero-order chi connectivity index (χ0) is 20.2. The summed E-state index contributed by atoms with van der Waals surface area (Å²) in [7, 11) is 5.94. The van der Waals surface area contributed by atoms with Crippen molar-refractivity contribution in [3.63, 3.8) is 0 Å². The molecule has 27 heavy (non-hydrogen) atoms. The summed E-state index contributed by atoms with van der Waals surface area (Å²) >= 11 is 0. The lowest BCUT2D eigenvalue weighted by molar-refractivity contribution is 0.0548. The molecule has 6 nitrogen and oxygen atoms in total. The van der Waals surface area contributed by atoms with Crippen molar-refractivity contribution in [2.24, 2.45) is 4.99 Å². The Kier molecular flexibility index (Phi) is 10.8. The van der Waals surface area contributed by atoms with Crippen molar-refractivity contribution in [3.8, 4) is 5.75 Å². The summed E-state index contributed by atoms with van der Waals surface area (Å²) in [5, 5.41) is 6.75. The molecule has 1 rings (SSSR count). The number of aryl methyl sites for hydroxylation is 1. The summed E-state index contributed by atoms with van der Waals surface area (Å²) in [6, 6.07) is 6.29. The van der Waals surface area contributed by atoms with Gasteiger partial charge in [-0.15, -0.1) is 0 Å². The van der Waals surface area contributed by atoms with Crippen molar-refractivity contribution >= 4 is 5.96 Å². The first-order valence-corrected chi connectivity index (χ1v) is 9.82. The molecule has 154 valence electrons. The maximum Gasteiger partial charge on any atom is 0.191 e. The topological polar surface area (TPSA) is 58.1 Å². The highest BCUT2D eigenvalue weighted by atomic mass is 16.5. The molecule has 1 atom stereocenters. The Morgan fingerprint density at radius 2 is 1.96 bits per heavy atom. The molecule has 1 unspecified atom stereocenters. The van der Waals surface area contributed by atoms with Gasteiger partial charge in [0.1, 0.15) is 5.75 Å². The summed E-state index contributed by atoms with van der Waals surface area (Å²) in [4.78, 5) is 6.50. The van der Waals surface area contributed by atoms with Crippen LogP contribution in [0.1, 0.15) is 38.3 Å². The molecular formula is C21H38N4O2. The van der Waals surface area contributed by atoms with Crippen LogP contribution >= 0.6 is 0 Å². The van der Waals surface area contributed by atoms with Crippen LogP contribution in [0.5, 0.6) is 5.75 Å². The summed E-state index contributed by atoms with van der Waals surface area (Å²) in [6.07, 6.45) is 1.29. The minimum atomic E-state index is 0.145. The average molecular weight is 379 g/mol. The lowest BCUT2D eigenvalue weighted by atomic mass is 10.1. The van der Waals surface area contributed by atoms with E-state index in [2.05, 4.69) is 59.7 Å². The lowest BCUT2D eigenvalue weighted by Gasteiger charge is -2.21. The Morgan fingerprint density at radius 1 is 1.22 bits per heavy atom. The summed E-state index contributed by atoms with van der Waals surface area (Å²) in [6.45, 7) is 11.3. The van der Waals surface area contributed by atoms with Gasteiger partial charge in [-0.2, -0.15) is 0 Å². The maximum absolute atomic E-state index is 5.95. The Bertz CT molecular complexity index is 573. The SMILES string of the molecule is CCOC(CCN(C)C)CNC(=NC)NCc1ccc(C)cc1OC(C)C. The van der Waals surface area contributed by atoms with E-state index in [1.165, 1.54) is 5.56 Å². The third-order valence-corrected chi connectivity index (χ3v) is 4.05. The minimum Gasteiger partial charge on any atom is -0.491 e. The largest absolute Gasteiger partial charge is 0.491 e. The van der Waals surface area contributed by atoms with Gasteiger partial charge in [0.25, 0.3) is 0 Å². The highest BCUT2D eigenvalue weighted by Gasteiger charge is 2.11. The number of aliphatic imine (C=N–C) groups is 1. The Hall–Kier alpha value is -1.79. The molecule has 0 radical (unpaired) electrons. The molecule has 0 amide bonds. The van der Waals surface area contributed by atoms with Crippen molar-refractivity contribution < 1.29 is 9.47 Å². The van der Waals surface area contributed by atoms with Crippen LogP contribution in [0.15, 0.2) is 23.2 Å². The number of nitrogens with zero attached hydrogens (tertiary/aromatic N) is 2. The van der Waals surface area contributed by atoms with Gasteiger partial charge in [0, 0.05) is 38.9 Å². The third kappa shape index (κ3) is 9.63. The van der Waals surface area contributed by atoms with Crippen molar-refractivity contribution in [1.82, 2.24) is 15.5 Å². The van der Waals surface area contributed by atoms with E-state index in [9.17, 15) is 0 Å². The molecule has 0 aliphatic heterocycles. The zero-order valence-electron chi connectivity index (χ0n) is 18.1. The number of rotatable bonds is 11. The van der Waals surface area contributed by atoms with Gasteiger partial charge in [0.2, 0.25) is 0 Å². The van der Waals surface area contributed by atoms with Crippen molar-refractivity contribution in [1.29, 1.82) is 0 Å². The van der Waals surface area contributed by atoms with Gasteiger partial charge >= 0.3 is 0 Å². The Balaban J connectivity index is 2.61. The lowest BCUT2D eigenvalue weighted by Crippen LogP contribution is -2.42. The molecule has 0 saturated heterocycles. The second-order valence-corrected chi connectivity index (χ2v) is 7.25. The number of benzene rings is 1. The smallest absolute Gasteiger partial charge is 0.191 e. The zero-order valence-corrected chi connectivity index (χ0v) is 18.1. The molecule has 2 N–H and O–H groups in total. The Labute approximate surface area is 165 Å². The summed E-state index contributed by atoms with van der Waals surface area (Å²) < 4.78 is 11.8. The van der Waals surface area contributed by atoms with Crippen LogP contribution in [-0.2, 0) is 11.3 Å². The van der Waals surface area contributed by atoms with E-state index >= 15 is 0 Å². The molecular weight excluding hydrogens is 340 g/mol. The van der Waals surface area contributed by atoms with Gasteiger partial charge in [0.15, 0.2) is 5.96 Å². The Morgan fingerprint density at radius 3 is 2.56 bits per heavy atom. The molecule has 1 aromatic rings. The van der Waals surface area contributed by atoms with Crippen LogP contribution in [0.25, 0.3) is 0 Å². The van der Waals surface area contributed by atoms with Crippen LogP contribution in [0.3, 0.4) is 0 Å². The van der Waals surface area contributed by atoms with Gasteiger partial charge in [-0.05, 0) is 59.8 Å². The molecule has 1 aromatic carbocycles. The van der Waals surface area contributed by atoms with Crippen LogP contribution in [0.4, 0.5) is 0 Å². The van der Waals surface area contributed by atoms with E-state index in [1.807, 2.05) is 20.8 Å². The second-order valence-electron chi connectivity index (χ2n) is 7.25. The third-order valence-electron chi connectivity index (χ3n) is 4.05. The molecule has 0 aliphatic rings. The molecule has 0 saturated carbocycles. The van der Waals surface area contributed by atoms with Gasteiger partial charge in [0.05, 0.1) is 12.2 Å². The van der Waals surface area contributed by atoms with Gasteiger partial charge < -0.3 is 25.0 Å². The fourth-order valence-corrected chi connectivity index (χ4v) is 2.66. The standard InChI is InChI=1S/C21H38N4O2/c1-8-26-19(11-12-25(6)7)15-24-21(22-5)23-14-18-10-9-17(4)13-20(18)27-16(2)3/h9-10,13,16,19H,8,11-12,14-15H2,1-7H3,(H2,22,23,24). The van der Waals surface area contributed by atoms with E-state index in [1.54, 1.807) is 7.05 Å². The predicted molar refractivity (Wildman–Crippen MR) is 114 cm³/mol. The summed E-state index contributed by atoms with van der Waals surface area (Å²) in [5.74, 6) is 1.69. The number of ether oxygens (including phenoxy) is 2. The first-order chi connectivity index (χ1) is 12.8. The fraction of sp³-hybridized carbons (Fsp3) is 0.667. The number of hydrogen-bond donors (Lipinski definition) is 2. The number of guanidine groups is 1. The van der Waals surface area contributed by atoms with Crippen LogP contribution in [0, 0.1) is 6.92 Å². The van der Waals surface area contributed by atoms with Gasteiger partial charge in [-0.25, -0.2) is 0 Å². The van der Waals surface area contributed by atoms with Crippen LogP contribution in [0.2, 0.25) is 0 Å². The fourth-order valence-electron chi connectivity index (χ4n) is 2.66. The van der Waals surface area contributed by atoms with Crippen molar-refractivity contribution in [2.45, 2.75) is 52.9 Å². The normalized spacial score (nSPS) is 13.1. The minimum absolute atomic E-state index is 0.145. The van der Waals surface area contributed by atoms with E-state index in [4.69, 9.17) is 9.47 Å². The first kappa shape index (κ1) is 23.2. The van der Waals surface area contributed by atoms with Crippen molar-refractivity contribution in [2.75, 3.05) is 40.8 Å². The monoisotopic (exact) mass is 378 g/mol.